The Hall–Kier alpha value is -2.15. The molecule has 2 aromatic rings. The lowest BCUT2D eigenvalue weighted by Gasteiger charge is -2.40. The van der Waals surface area contributed by atoms with Crippen LogP contribution in [0.15, 0.2) is 29.2 Å². The summed E-state index contributed by atoms with van der Waals surface area (Å²) in [5, 5.41) is 16.2. The number of hydrogen-bond donors (Lipinski definition) is 2. The van der Waals surface area contributed by atoms with E-state index in [1.165, 1.54) is 4.40 Å². The SMILES string of the molecule is O=C(Cn1nc2ccccn2c1=O)NC1(CO)CCC1. The lowest BCUT2D eigenvalue weighted by atomic mass is 9.77. The number of hydrogen-bond acceptors (Lipinski definition) is 4. The quantitative estimate of drug-likeness (QED) is 0.790. The van der Waals surface area contributed by atoms with E-state index < -0.39 is 5.54 Å². The van der Waals surface area contributed by atoms with Gasteiger partial charge in [-0.25, -0.2) is 9.48 Å². The Balaban J connectivity index is 1.78. The van der Waals surface area contributed by atoms with E-state index in [1.807, 2.05) is 0 Å². The second-order valence-electron chi connectivity index (χ2n) is 5.21. The number of nitrogens with one attached hydrogen (secondary N) is 1. The van der Waals surface area contributed by atoms with Gasteiger partial charge < -0.3 is 10.4 Å². The van der Waals surface area contributed by atoms with Crippen molar-refractivity contribution in [1.82, 2.24) is 19.5 Å². The fraction of sp³-hybridized carbons (Fsp3) is 0.462. The molecule has 1 saturated carbocycles. The number of aliphatic hydroxyl groups excluding tert-OH is 1. The van der Waals surface area contributed by atoms with Gasteiger partial charge in [-0.2, -0.15) is 0 Å². The van der Waals surface area contributed by atoms with E-state index >= 15 is 0 Å². The van der Waals surface area contributed by atoms with E-state index in [-0.39, 0.29) is 24.7 Å². The van der Waals surface area contributed by atoms with Crippen molar-refractivity contribution in [2.75, 3.05) is 6.61 Å². The van der Waals surface area contributed by atoms with E-state index in [4.69, 9.17) is 0 Å². The van der Waals surface area contributed by atoms with Gasteiger partial charge in [0.2, 0.25) is 5.91 Å². The molecule has 0 aromatic carbocycles. The Morgan fingerprint density at radius 2 is 2.25 bits per heavy atom. The zero-order chi connectivity index (χ0) is 14.2. The summed E-state index contributed by atoms with van der Waals surface area (Å²) >= 11 is 0. The first-order valence-electron chi connectivity index (χ1n) is 6.60. The van der Waals surface area contributed by atoms with Crippen LogP contribution >= 0.6 is 0 Å². The third-order valence-electron chi connectivity index (χ3n) is 3.80. The smallest absolute Gasteiger partial charge is 0.350 e. The average molecular weight is 276 g/mol. The Morgan fingerprint density at radius 3 is 2.85 bits per heavy atom. The van der Waals surface area contributed by atoms with Crippen molar-refractivity contribution < 1.29 is 9.90 Å². The van der Waals surface area contributed by atoms with Crippen molar-refractivity contribution in [3.8, 4) is 0 Å². The van der Waals surface area contributed by atoms with Crippen LogP contribution in [0, 0.1) is 0 Å². The normalized spacial score (nSPS) is 16.9. The molecule has 0 aliphatic heterocycles. The van der Waals surface area contributed by atoms with Gasteiger partial charge in [-0.1, -0.05) is 6.07 Å². The summed E-state index contributed by atoms with van der Waals surface area (Å²) in [6.45, 7) is -0.207. The second kappa shape index (κ2) is 4.75. The number of aliphatic hydroxyl groups is 1. The van der Waals surface area contributed by atoms with Crippen LogP contribution in [0.25, 0.3) is 5.65 Å². The maximum Gasteiger partial charge on any atom is 0.350 e. The minimum absolute atomic E-state index is 0.0706. The van der Waals surface area contributed by atoms with Gasteiger partial charge in [0.15, 0.2) is 5.65 Å². The van der Waals surface area contributed by atoms with Crippen molar-refractivity contribution in [2.45, 2.75) is 31.3 Å². The van der Waals surface area contributed by atoms with E-state index in [2.05, 4.69) is 10.4 Å². The first-order chi connectivity index (χ1) is 9.63. The molecule has 0 saturated heterocycles. The highest BCUT2D eigenvalue weighted by Crippen LogP contribution is 2.30. The topological polar surface area (TPSA) is 88.6 Å². The van der Waals surface area contributed by atoms with Crippen molar-refractivity contribution in [1.29, 1.82) is 0 Å². The summed E-state index contributed by atoms with van der Waals surface area (Å²) in [5.74, 6) is -0.302. The molecule has 2 N–H and O–H groups in total. The molecule has 2 heterocycles. The van der Waals surface area contributed by atoms with Crippen molar-refractivity contribution >= 4 is 11.6 Å². The molecule has 1 aliphatic carbocycles. The highest BCUT2D eigenvalue weighted by atomic mass is 16.3. The lowest BCUT2D eigenvalue weighted by molar-refractivity contribution is -0.125. The largest absolute Gasteiger partial charge is 0.394 e. The Kier molecular flexibility index (Phi) is 3.06. The van der Waals surface area contributed by atoms with Crippen LogP contribution in [-0.2, 0) is 11.3 Å². The van der Waals surface area contributed by atoms with Crippen molar-refractivity contribution in [3.63, 3.8) is 0 Å². The van der Waals surface area contributed by atoms with Gasteiger partial charge >= 0.3 is 5.69 Å². The average Bonchev–Trinajstić information content (AvgIpc) is 2.71. The number of rotatable bonds is 4. The fourth-order valence-corrected chi connectivity index (χ4v) is 2.47. The molecule has 7 nitrogen and oxygen atoms in total. The molecule has 20 heavy (non-hydrogen) atoms. The van der Waals surface area contributed by atoms with Gasteiger partial charge in [0, 0.05) is 6.20 Å². The molecule has 0 radical (unpaired) electrons. The standard InChI is InChI=1S/C13H16N4O3/c18-9-13(5-3-6-13)14-11(19)8-17-12(20)16-7-2-1-4-10(16)15-17/h1-2,4,7,18H,3,5-6,8-9H2,(H,14,19). The molecule has 2 aromatic heterocycles. The zero-order valence-electron chi connectivity index (χ0n) is 11.0. The van der Waals surface area contributed by atoms with Crippen molar-refractivity contribution in [2.24, 2.45) is 0 Å². The second-order valence-corrected chi connectivity index (χ2v) is 5.21. The Labute approximate surface area is 114 Å². The molecule has 0 bridgehead atoms. The number of carbonyl (C=O) groups is 1. The third kappa shape index (κ3) is 2.09. The minimum atomic E-state index is -0.500. The van der Waals surface area contributed by atoms with Gasteiger partial charge in [-0.05, 0) is 31.4 Å². The predicted octanol–water partition coefficient (Wildman–Crippen LogP) is -0.473. The number of carbonyl (C=O) groups excluding carboxylic acids is 1. The summed E-state index contributed by atoms with van der Waals surface area (Å²) < 4.78 is 2.52. The van der Waals surface area contributed by atoms with Gasteiger partial charge in [0.05, 0.1) is 12.1 Å². The zero-order valence-corrected chi connectivity index (χ0v) is 11.0. The van der Waals surface area contributed by atoms with Crippen LogP contribution in [-0.4, -0.2) is 37.3 Å². The van der Waals surface area contributed by atoms with Crippen LogP contribution in [0.5, 0.6) is 0 Å². The fourth-order valence-electron chi connectivity index (χ4n) is 2.47. The van der Waals surface area contributed by atoms with Gasteiger partial charge in [0.25, 0.3) is 0 Å². The predicted molar refractivity (Wildman–Crippen MR) is 71.3 cm³/mol. The molecule has 106 valence electrons. The molecule has 1 fully saturated rings. The number of nitrogens with zero attached hydrogens (tertiary/aromatic N) is 3. The first kappa shape index (κ1) is 12.9. The molecule has 3 rings (SSSR count). The summed E-state index contributed by atoms with van der Waals surface area (Å²) in [6.07, 6.45) is 4.15. The van der Waals surface area contributed by atoms with Crippen LogP contribution in [0.1, 0.15) is 19.3 Å². The van der Waals surface area contributed by atoms with Crippen LogP contribution in [0.3, 0.4) is 0 Å². The van der Waals surface area contributed by atoms with Gasteiger partial charge in [-0.3, -0.25) is 9.20 Å². The monoisotopic (exact) mass is 276 g/mol. The van der Waals surface area contributed by atoms with Gasteiger partial charge in [0.1, 0.15) is 6.54 Å². The number of pyridine rings is 1. The molecule has 1 aliphatic rings. The van der Waals surface area contributed by atoms with E-state index in [9.17, 15) is 14.7 Å². The van der Waals surface area contributed by atoms with E-state index in [1.54, 1.807) is 24.4 Å². The Morgan fingerprint density at radius 1 is 1.45 bits per heavy atom. The highest BCUT2D eigenvalue weighted by molar-refractivity contribution is 5.76. The summed E-state index contributed by atoms with van der Waals surface area (Å²) in [6, 6.07) is 5.22. The summed E-state index contributed by atoms with van der Waals surface area (Å²) in [4.78, 5) is 24.0. The maximum absolute atomic E-state index is 12.0. The van der Waals surface area contributed by atoms with Crippen LogP contribution in [0.2, 0.25) is 0 Å². The van der Waals surface area contributed by atoms with E-state index in [0.29, 0.717) is 5.65 Å². The highest BCUT2D eigenvalue weighted by Gasteiger charge is 2.37. The number of fused-ring (bicyclic) bond motifs is 1. The van der Waals surface area contributed by atoms with Crippen LogP contribution < -0.4 is 11.0 Å². The lowest BCUT2D eigenvalue weighted by Crippen LogP contribution is -2.57. The van der Waals surface area contributed by atoms with Gasteiger partial charge in [-0.15, -0.1) is 5.10 Å². The summed E-state index contributed by atoms with van der Waals surface area (Å²) in [5.41, 5.74) is -0.340. The molecular weight excluding hydrogens is 260 g/mol. The first-order valence-corrected chi connectivity index (χ1v) is 6.60. The number of amides is 1. The van der Waals surface area contributed by atoms with E-state index in [0.717, 1.165) is 23.9 Å². The minimum Gasteiger partial charge on any atom is -0.394 e. The molecule has 0 unspecified atom stereocenters. The Bertz CT molecular complexity index is 693. The molecular formula is C13H16N4O3. The summed E-state index contributed by atoms with van der Waals surface area (Å²) in [7, 11) is 0. The number of aromatic nitrogens is 3. The molecule has 0 spiro atoms. The van der Waals surface area contributed by atoms with Crippen LogP contribution in [0.4, 0.5) is 0 Å². The maximum atomic E-state index is 12.0. The molecule has 1 amide bonds. The van der Waals surface area contributed by atoms with Crippen molar-refractivity contribution in [3.05, 3.63) is 34.9 Å². The molecule has 7 heteroatoms. The third-order valence-corrected chi connectivity index (χ3v) is 3.80. The molecule has 0 atom stereocenters.